The maximum Gasteiger partial charge on any atom is 0.253 e. The average Bonchev–Trinajstić information content (AvgIpc) is 2.60. The third-order valence-electron chi connectivity index (χ3n) is 4.74. The van der Waals surface area contributed by atoms with Crippen LogP contribution < -0.4 is 10.6 Å². The fourth-order valence-electron chi connectivity index (χ4n) is 3.18. The highest BCUT2D eigenvalue weighted by Gasteiger charge is 2.25. The van der Waals surface area contributed by atoms with Crippen molar-refractivity contribution in [3.8, 4) is 0 Å². The number of aryl methyl sites for hydroxylation is 2. The molecule has 0 aromatic heterocycles. The molecule has 0 spiro atoms. The van der Waals surface area contributed by atoms with Gasteiger partial charge in [0.15, 0.2) is 0 Å². The monoisotopic (exact) mass is 354 g/mol. The van der Waals surface area contributed by atoms with E-state index in [-0.39, 0.29) is 11.8 Å². The number of rotatable bonds is 0. The number of aliphatic hydroxyl groups excluding tert-OH is 2. The summed E-state index contributed by atoms with van der Waals surface area (Å²) in [6, 6.07) is 11.4. The molecule has 4 N–H and O–H groups in total. The number of nitrogens with one attached hydrogen (secondary N) is 2. The molecule has 136 valence electrons. The van der Waals surface area contributed by atoms with Crippen LogP contribution in [-0.2, 0) is 22.4 Å². The van der Waals surface area contributed by atoms with Crippen LogP contribution in [0.1, 0.15) is 22.3 Å². The Morgan fingerprint density at radius 3 is 1.54 bits per heavy atom. The van der Waals surface area contributed by atoms with Gasteiger partial charge in [0.05, 0.1) is 0 Å². The molecule has 2 amide bonds. The normalized spacial score (nSPS) is 20.8. The van der Waals surface area contributed by atoms with Crippen LogP contribution in [0.25, 0.3) is 0 Å². The third kappa shape index (κ3) is 3.61. The van der Waals surface area contributed by atoms with Gasteiger partial charge in [0, 0.05) is 24.2 Å². The molecule has 4 rings (SSSR count). The molecule has 0 radical (unpaired) electrons. The minimum absolute atomic E-state index is 0.307. The summed E-state index contributed by atoms with van der Waals surface area (Å²) in [5.41, 5.74) is 5.95. The predicted molar refractivity (Wildman–Crippen MR) is 99.0 cm³/mol. The molecule has 0 bridgehead atoms. The topological polar surface area (TPSA) is 98.7 Å². The van der Waals surface area contributed by atoms with Crippen LogP contribution in [0, 0.1) is 13.8 Å². The number of anilines is 2. The van der Waals surface area contributed by atoms with E-state index in [9.17, 15) is 19.8 Å². The van der Waals surface area contributed by atoms with E-state index in [4.69, 9.17) is 0 Å². The zero-order valence-corrected chi connectivity index (χ0v) is 14.7. The summed E-state index contributed by atoms with van der Waals surface area (Å²) in [5, 5.41) is 24.0. The number of hydrogen-bond acceptors (Lipinski definition) is 4. The van der Waals surface area contributed by atoms with Crippen molar-refractivity contribution in [1.82, 2.24) is 0 Å². The second kappa shape index (κ2) is 7.27. The Labute approximate surface area is 151 Å². The Bertz CT molecular complexity index is 791. The van der Waals surface area contributed by atoms with E-state index >= 15 is 0 Å². The molecule has 0 unspecified atom stereocenters. The molecule has 2 aromatic carbocycles. The second-order valence-corrected chi connectivity index (χ2v) is 6.62. The van der Waals surface area contributed by atoms with Gasteiger partial charge in [-0.3, -0.25) is 9.59 Å². The van der Waals surface area contributed by atoms with Crippen molar-refractivity contribution in [2.24, 2.45) is 0 Å². The quantitative estimate of drug-likeness (QED) is 0.579. The lowest BCUT2D eigenvalue weighted by Crippen LogP contribution is -2.34. The van der Waals surface area contributed by atoms with Crippen molar-refractivity contribution >= 4 is 23.2 Å². The molecule has 6 nitrogen and oxygen atoms in total. The lowest BCUT2D eigenvalue weighted by molar-refractivity contribution is -0.124. The Hall–Kier alpha value is -2.70. The van der Waals surface area contributed by atoms with E-state index in [0.717, 1.165) is 33.6 Å². The van der Waals surface area contributed by atoms with Crippen molar-refractivity contribution < 1.29 is 19.8 Å². The molecule has 0 saturated heterocycles. The van der Waals surface area contributed by atoms with Crippen molar-refractivity contribution in [3.05, 3.63) is 58.7 Å². The molecular weight excluding hydrogens is 332 g/mol. The highest BCUT2D eigenvalue weighted by Crippen LogP contribution is 2.26. The highest BCUT2D eigenvalue weighted by atomic mass is 16.3. The summed E-state index contributed by atoms with van der Waals surface area (Å²) in [6.07, 6.45) is -0.941. The lowest BCUT2D eigenvalue weighted by atomic mass is 9.97. The number of benzene rings is 2. The largest absolute Gasteiger partial charge is 0.383 e. The van der Waals surface area contributed by atoms with Crippen molar-refractivity contribution in [3.63, 3.8) is 0 Å². The van der Waals surface area contributed by atoms with E-state index < -0.39 is 12.2 Å². The summed E-state index contributed by atoms with van der Waals surface area (Å²) in [6.45, 7) is 3.95. The summed E-state index contributed by atoms with van der Waals surface area (Å²) < 4.78 is 0. The Morgan fingerprint density at radius 1 is 0.769 bits per heavy atom. The molecule has 0 aliphatic carbocycles. The first-order valence-electron chi connectivity index (χ1n) is 8.51. The van der Waals surface area contributed by atoms with Crippen molar-refractivity contribution in [1.29, 1.82) is 0 Å². The van der Waals surface area contributed by atoms with Gasteiger partial charge in [0.2, 0.25) is 0 Å². The lowest BCUT2D eigenvalue weighted by Gasteiger charge is -2.22. The smallest absolute Gasteiger partial charge is 0.253 e. The molecule has 26 heavy (non-hydrogen) atoms. The number of fused-ring (bicyclic) bond motifs is 2. The molecule has 6 heteroatoms. The van der Waals surface area contributed by atoms with E-state index in [1.165, 1.54) is 0 Å². The van der Waals surface area contributed by atoms with Crippen LogP contribution in [0.3, 0.4) is 0 Å². The average molecular weight is 354 g/mol. The maximum atomic E-state index is 11.1. The van der Waals surface area contributed by atoms with Gasteiger partial charge in [-0.1, -0.05) is 24.3 Å². The Balaban J connectivity index is 0.000000151. The minimum atomic E-state index is -0.895. The van der Waals surface area contributed by atoms with Crippen LogP contribution in [-0.4, -0.2) is 34.2 Å². The fraction of sp³-hybridized carbons (Fsp3) is 0.300. The van der Waals surface area contributed by atoms with Gasteiger partial charge in [0.25, 0.3) is 11.8 Å². The molecule has 0 saturated carbocycles. The molecule has 0 fully saturated rings. The van der Waals surface area contributed by atoms with Gasteiger partial charge in [-0.05, 0) is 48.2 Å². The van der Waals surface area contributed by atoms with Crippen LogP contribution in [0.4, 0.5) is 11.4 Å². The second-order valence-electron chi connectivity index (χ2n) is 6.62. The number of amides is 2. The maximum absolute atomic E-state index is 11.1. The first-order chi connectivity index (χ1) is 12.4. The molecule has 2 heterocycles. The molecular formula is C20H22N2O4. The van der Waals surface area contributed by atoms with Gasteiger partial charge in [-0.2, -0.15) is 0 Å². The molecule has 2 aliphatic heterocycles. The van der Waals surface area contributed by atoms with Crippen LogP contribution >= 0.6 is 0 Å². The SMILES string of the molecule is Cc1cccc2c1C[C@@H](O)C(=O)N2.Cc1cccc2c1C[C@@H](O)C(=O)N2. The van der Waals surface area contributed by atoms with E-state index in [0.29, 0.717) is 12.8 Å². The fourth-order valence-corrected chi connectivity index (χ4v) is 3.18. The standard InChI is InChI=1S/2C10H11NO2/c2*1-6-3-2-4-8-7(6)5-9(12)10(13)11-8/h2*2-4,9,12H,5H2,1H3,(H,11,13)/t2*9-/m11/s1. The summed E-state index contributed by atoms with van der Waals surface area (Å²) in [4.78, 5) is 22.2. The summed E-state index contributed by atoms with van der Waals surface area (Å²) >= 11 is 0. The zero-order valence-electron chi connectivity index (χ0n) is 14.7. The van der Waals surface area contributed by atoms with Gasteiger partial charge in [-0.25, -0.2) is 0 Å². The molecule has 2 aromatic rings. The minimum Gasteiger partial charge on any atom is -0.383 e. The van der Waals surface area contributed by atoms with Gasteiger partial charge in [0.1, 0.15) is 12.2 Å². The zero-order chi connectivity index (χ0) is 18.8. The van der Waals surface area contributed by atoms with Crippen molar-refractivity contribution in [2.75, 3.05) is 10.6 Å². The van der Waals surface area contributed by atoms with Gasteiger partial charge >= 0.3 is 0 Å². The first kappa shape index (κ1) is 18.1. The van der Waals surface area contributed by atoms with Gasteiger partial charge < -0.3 is 20.8 Å². The number of carbonyl (C=O) groups is 2. The number of aliphatic hydroxyl groups is 2. The first-order valence-corrected chi connectivity index (χ1v) is 8.51. The Kier molecular flexibility index (Phi) is 5.06. The number of hydrogen-bond donors (Lipinski definition) is 4. The van der Waals surface area contributed by atoms with Crippen LogP contribution in [0.5, 0.6) is 0 Å². The van der Waals surface area contributed by atoms with Crippen molar-refractivity contribution in [2.45, 2.75) is 38.9 Å². The third-order valence-corrected chi connectivity index (χ3v) is 4.74. The molecule has 2 atom stereocenters. The van der Waals surface area contributed by atoms with Gasteiger partial charge in [-0.15, -0.1) is 0 Å². The van der Waals surface area contributed by atoms with E-state index in [1.807, 2.05) is 50.2 Å². The number of carbonyl (C=O) groups excluding carboxylic acids is 2. The van der Waals surface area contributed by atoms with Crippen LogP contribution in [0.15, 0.2) is 36.4 Å². The summed E-state index contributed by atoms with van der Waals surface area (Å²) in [7, 11) is 0. The molecule has 2 aliphatic rings. The van der Waals surface area contributed by atoms with E-state index in [2.05, 4.69) is 10.6 Å². The van der Waals surface area contributed by atoms with Crippen LogP contribution in [0.2, 0.25) is 0 Å². The van der Waals surface area contributed by atoms with E-state index in [1.54, 1.807) is 0 Å². The predicted octanol–water partition coefficient (Wildman–Crippen LogP) is 1.70. The summed E-state index contributed by atoms with van der Waals surface area (Å²) in [5.74, 6) is -0.615. The highest BCUT2D eigenvalue weighted by molar-refractivity contribution is 5.98. The Morgan fingerprint density at radius 2 is 1.15 bits per heavy atom.